The standard InChI is InChI=1S/C18H17BrN2O4/c1-2-17(22)20-15-6-4-3-5-14(15)18(23)25-11-16(21-24)12-7-9-13(19)10-8-12/h3-10,24H,2,11H2,1H3,(H,20,22)/b21-16+. The van der Waals surface area contributed by atoms with Crippen LogP contribution in [0.3, 0.4) is 0 Å². The molecule has 2 rings (SSSR count). The fourth-order valence-corrected chi connectivity index (χ4v) is 2.30. The van der Waals surface area contributed by atoms with Crippen molar-refractivity contribution in [3.05, 3.63) is 64.1 Å². The zero-order chi connectivity index (χ0) is 18.2. The van der Waals surface area contributed by atoms with Crippen molar-refractivity contribution in [2.75, 3.05) is 11.9 Å². The van der Waals surface area contributed by atoms with E-state index in [1.165, 1.54) is 0 Å². The summed E-state index contributed by atoms with van der Waals surface area (Å²) in [6.07, 6.45) is 0.300. The Hall–Kier alpha value is -2.67. The van der Waals surface area contributed by atoms with Crippen LogP contribution in [0.15, 0.2) is 58.2 Å². The maximum Gasteiger partial charge on any atom is 0.340 e. The van der Waals surface area contributed by atoms with Gasteiger partial charge in [-0.25, -0.2) is 4.79 Å². The highest BCUT2D eigenvalue weighted by Crippen LogP contribution is 2.17. The van der Waals surface area contributed by atoms with E-state index in [1.54, 1.807) is 55.5 Å². The zero-order valence-corrected chi connectivity index (χ0v) is 15.1. The predicted molar refractivity (Wildman–Crippen MR) is 98.1 cm³/mol. The summed E-state index contributed by atoms with van der Waals surface area (Å²) < 4.78 is 6.11. The van der Waals surface area contributed by atoms with Gasteiger partial charge in [0.05, 0.1) is 11.3 Å². The summed E-state index contributed by atoms with van der Waals surface area (Å²) in [5.41, 5.74) is 1.46. The summed E-state index contributed by atoms with van der Waals surface area (Å²) in [7, 11) is 0. The van der Waals surface area contributed by atoms with Crippen LogP contribution in [0.2, 0.25) is 0 Å². The molecule has 0 spiro atoms. The van der Waals surface area contributed by atoms with E-state index < -0.39 is 5.97 Å². The normalized spacial score (nSPS) is 11.0. The first-order chi connectivity index (χ1) is 12.0. The molecule has 1 amide bonds. The van der Waals surface area contributed by atoms with Gasteiger partial charge in [-0.15, -0.1) is 0 Å². The third-order valence-electron chi connectivity index (χ3n) is 3.38. The SMILES string of the molecule is CCC(=O)Nc1ccccc1C(=O)OC/C(=N\O)c1ccc(Br)cc1. The molecule has 6 nitrogen and oxygen atoms in total. The van der Waals surface area contributed by atoms with Crippen LogP contribution < -0.4 is 5.32 Å². The van der Waals surface area contributed by atoms with E-state index >= 15 is 0 Å². The van der Waals surface area contributed by atoms with Crippen LogP contribution in [-0.2, 0) is 9.53 Å². The van der Waals surface area contributed by atoms with E-state index in [9.17, 15) is 9.59 Å². The van der Waals surface area contributed by atoms with Gasteiger partial charge in [0.15, 0.2) is 0 Å². The molecular weight excluding hydrogens is 388 g/mol. The van der Waals surface area contributed by atoms with Crippen LogP contribution in [0.25, 0.3) is 0 Å². The van der Waals surface area contributed by atoms with Crippen molar-refractivity contribution in [1.29, 1.82) is 0 Å². The van der Waals surface area contributed by atoms with Crippen molar-refractivity contribution in [3.8, 4) is 0 Å². The first-order valence-corrected chi connectivity index (χ1v) is 8.37. The third-order valence-corrected chi connectivity index (χ3v) is 3.91. The van der Waals surface area contributed by atoms with Gasteiger partial charge in [0.25, 0.3) is 0 Å². The molecule has 0 atom stereocenters. The number of halogens is 1. The number of benzene rings is 2. The molecule has 7 heteroatoms. The van der Waals surface area contributed by atoms with E-state index in [0.717, 1.165) is 4.47 Å². The van der Waals surface area contributed by atoms with E-state index in [0.29, 0.717) is 17.7 Å². The van der Waals surface area contributed by atoms with E-state index in [1.807, 2.05) is 0 Å². The van der Waals surface area contributed by atoms with Gasteiger partial charge in [-0.05, 0) is 24.3 Å². The Morgan fingerprint density at radius 2 is 1.84 bits per heavy atom. The summed E-state index contributed by atoms with van der Waals surface area (Å²) >= 11 is 3.32. The van der Waals surface area contributed by atoms with Crippen LogP contribution in [0.1, 0.15) is 29.3 Å². The maximum atomic E-state index is 12.3. The van der Waals surface area contributed by atoms with Crippen LogP contribution in [-0.4, -0.2) is 29.4 Å². The minimum atomic E-state index is -0.620. The number of anilines is 1. The molecule has 0 fully saturated rings. The molecule has 2 N–H and O–H groups in total. The average molecular weight is 405 g/mol. The second kappa shape index (κ2) is 8.98. The summed E-state index contributed by atoms with van der Waals surface area (Å²) in [6, 6.07) is 13.6. The minimum Gasteiger partial charge on any atom is -0.455 e. The molecule has 0 bridgehead atoms. The van der Waals surface area contributed by atoms with Crippen molar-refractivity contribution < 1.29 is 19.5 Å². The maximum absolute atomic E-state index is 12.3. The quantitative estimate of drug-likeness (QED) is 0.331. The summed E-state index contributed by atoms with van der Waals surface area (Å²) in [5, 5.41) is 15.0. The molecule has 0 radical (unpaired) electrons. The lowest BCUT2D eigenvalue weighted by Crippen LogP contribution is -2.18. The Morgan fingerprint density at radius 3 is 2.48 bits per heavy atom. The summed E-state index contributed by atoms with van der Waals surface area (Å²) in [6.45, 7) is 1.52. The Kier molecular flexibility index (Phi) is 6.71. The van der Waals surface area contributed by atoms with Gasteiger partial charge in [0.2, 0.25) is 5.91 Å². The Morgan fingerprint density at radius 1 is 1.16 bits per heavy atom. The number of carbonyl (C=O) groups is 2. The molecule has 2 aromatic rings. The largest absolute Gasteiger partial charge is 0.455 e. The molecule has 0 aliphatic heterocycles. The number of hydrogen-bond acceptors (Lipinski definition) is 5. The first kappa shape index (κ1) is 18.7. The lowest BCUT2D eigenvalue weighted by atomic mass is 10.1. The monoisotopic (exact) mass is 404 g/mol. The molecule has 0 aromatic heterocycles. The summed E-state index contributed by atoms with van der Waals surface area (Å²) in [5.74, 6) is -0.821. The fourth-order valence-electron chi connectivity index (χ4n) is 2.03. The van der Waals surface area contributed by atoms with Crippen molar-refractivity contribution in [2.24, 2.45) is 5.16 Å². The number of amides is 1. The smallest absolute Gasteiger partial charge is 0.340 e. The molecule has 130 valence electrons. The molecule has 0 unspecified atom stereocenters. The number of oxime groups is 1. The van der Waals surface area contributed by atoms with Gasteiger partial charge in [0.1, 0.15) is 12.3 Å². The van der Waals surface area contributed by atoms with Gasteiger partial charge in [-0.3, -0.25) is 4.79 Å². The lowest BCUT2D eigenvalue weighted by molar-refractivity contribution is -0.115. The van der Waals surface area contributed by atoms with E-state index in [4.69, 9.17) is 9.94 Å². The van der Waals surface area contributed by atoms with Crippen molar-refractivity contribution >= 4 is 39.2 Å². The second-order valence-electron chi connectivity index (χ2n) is 5.08. The number of carbonyl (C=O) groups excluding carboxylic acids is 2. The third kappa shape index (κ3) is 5.15. The number of nitrogens with zero attached hydrogens (tertiary/aromatic N) is 1. The van der Waals surface area contributed by atoms with Gasteiger partial charge in [-0.2, -0.15) is 0 Å². The number of para-hydroxylation sites is 1. The number of nitrogens with one attached hydrogen (secondary N) is 1. The molecule has 0 heterocycles. The second-order valence-corrected chi connectivity index (χ2v) is 5.99. The predicted octanol–water partition coefficient (Wildman–Crippen LogP) is 3.83. The lowest BCUT2D eigenvalue weighted by Gasteiger charge is -2.11. The minimum absolute atomic E-state index is 0.201. The number of hydrogen-bond donors (Lipinski definition) is 2. The number of ether oxygens (including phenoxy) is 1. The Balaban J connectivity index is 2.09. The zero-order valence-electron chi connectivity index (χ0n) is 13.5. The van der Waals surface area contributed by atoms with Crippen molar-refractivity contribution in [3.63, 3.8) is 0 Å². The van der Waals surface area contributed by atoms with Crippen LogP contribution in [0.4, 0.5) is 5.69 Å². The molecule has 25 heavy (non-hydrogen) atoms. The molecule has 0 aliphatic carbocycles. The molecule has 0 saturated carbocycles. The van der Waals surface area contributed by atoms with Crippen molar-refractivity contribution in [1.82, 2.24) is 0 Å². The fraction of sp³-hybridized carbons (Fsp3) is 0.167. The Labute approximate surface area is 153 Å². The van der Waals surface area contributed by atoms with Gasteiger partial charge >= 0.3 is 5.97 Å². The van der Waals surface area contributed by atoms with Gasteiger partial charge in [-0.1, -0.05) is 52.3 Å². The number of rotatable bonds is 6. The van der Waals surface area contributed by atoms with Crippen LogP contribution >= 0.6 is 15.9 Å². The topological polar surface area (TPSA) is 88.0 Å². The molecular formula is C18H17BrN2O4. The first-order valence-electron chi connectivity index (χ1n) is 7.58. The van der Waals surface area contributed by atoms with E-state index in [-0.39, 0.29) is 23.8 Å². The Bertz CT molecular complexity index is 788. The average Bonchev–Trinajstić information content (AvgIpc) is 2.63. The van der Waals surface area contributed by atoms with Gasteiger partial charge in [0, 0.05) is 16.5 Å². The highest BCUT2D eigenvalue weighted by Gasteiger charge is 2.15. The number of esters is 1. The molecule has 2 aromatic carbocycles. The summed E-state index contributed by atoms with van der Waals surface area (Å²) in [4.78, 5) is 23.9. The van der Waals surface area contributed by atoms with Crippen LogP contribution in [0, 0.1) is 0 Å². The highest BCUT2D eigenvalue weighted by atomic mass is 79.9. The molecule has 0 aliphatic rings. The molecule has 0 saturated heterocycles. The van der Waals surface area contributed by atoms with E-state index in [2.05, 4.69) is 26.4 Å². The van der Waals surface area contributed by atoms with Crippen LogP contribution in [0.5, 0.6) is 0 Å². The van der Waals surface area contributed by atoms with Crippen molar-refractivity contribution in [2.45, 2.75) is 13.3 Å². The van der Waals surface area contributed by atoms with Gasteiger partial charge < -0.3 is 15.3 Å². The highest BCUT2D eigenvalue weighted by molar-refractivity contribution is 9.10.